The van der Waals surface area contributed by atoms with E-state index in [9.17, 15) is 4.79 Å². The van der Waals surface area contributed by atoms with Crippen LogP contribution in [0.2, 0.25) is 0 Å². The third-order valence-corrected chi connectivity index (χ3v) is 6.06. The van der Waals surface area contributed by atoms with Crippen molar-refractivity contribution in [1.29, 1.82) is 0 Å². The topological polar surface area (TPSA) is 44.1 Å². The van der Waals surface area contributed by atoms with Gasteiger partial charge in [-0.2, -0.15) is 0 Å². The SMILES string of the molecule is CCSc1nc2ccccc2c(=O)n1CCC[N+]1(CC)CCOCC1.[I-]. The van der Waals surface area contributed by atoms with Crippen molar-refractivity contribution in [2.24, 2.45) is 0 Å². The minimum Gasteiger partial charge on any atom is -1.00 e. The number of halogens is 1. The molecule has 0 bridgehead atoms. The summed E-state index contributed by atoms with van der Waals surface area (Å²) in [6.45, 7) is 11.2. The van der Waals surface area contributed by atoms with E-state index in [-0.39, 0.29) is 29.5 Å². The van der Waals surface area contributed by atoms with E-state index in [0.717, 1.165) is 73.3 Å². The number of nitrogens with zero attached hydrogens (tertiary/aromatic N) is 3. The maximum absolute atomic E-state index is 12.9. The second-order valence-electron chi connectivity index (χ2n) is 6.60. The summed E-state index contributed by atoms with van der Waals surface area (Å²) in [4.78, 5) is 17.7. The first kappa shape index (κ1) is 21.7. The van der Waals surface area contributed by atoms with Gasteiger partial charge in [-0.25, -0.2) is 4.98 Å². The number of likely N-dealkylation sites (N-methyl/N-ethyl adjacent to an activating group) is 1. The molecule has 1 saturated heterocycles. The number of benzene rings is 1. The number of para-hydroxylation sites is 1. The summed E-state index contributed by atoms with van der Waals surface area (Å²) >= 11 is 1.65. The summed E-state index contributed by atoms with van der Waals surface area (Å²) < 4.78 is 8.51. The Morgan fingerprint density at radius 2 is 1.96 bits per heavy atom. The van der Waals surface area contributed by atoms with Crippen molar-refractivity contribution in [3.05, 3.63) is 34.6 Å². The van der Waals surface area contributed by atoms with Gasteiger partial charge < -0.3 is 33.2 Å². The molecule has 2 heterocycles. The fourth-order valence-corrected chi connectivity index (χ4v) is 4.33. The third-order valence-electron chi connectivity index (χ3n) is 5.20. The third kappa shape index (κ3) is 4.79. The quantitative estimate of drug-likeness (QED) is 0.233. The van der Waals surface area contributed by atoms with Crippen molar-refractivity contribution in [2.75, 3.05) is 45.1 Å². The van der Waals surface area contributed by atoms with Gasteiger partial charge in [0.2, 0.25) is 0 Å². The summed E-state index contributed by atoms with van der Waals surface area (Å²) in [5, 5.41) is 1.56. The highest BCUT2D eigenvalue weighted by atomic mass is 127. The van der Waals surface area contributed by atoms with E-state index in [2.05, 4.69) is 13.8 Å². The minimum absolute atomic E-state index is 0. The first-order valence-corrected chi connectivity index (χ1v) is 10.2. The smallest absolute Gasteiger partial charge is 0.262 e. The van der Waals surface area contributed by atoms with E-state index in [1.54, 1.807) is 11.8 Å². The number of hydrogen-bond acceptors (Lipinski definition) is 4. The van der Waals surface area contributed by atoms with Gasteiger partial charge >= 0.3 is 0 Å². The molecular formula is C19H28IN3O2S. The predicted octanol–water partition coefficient (Wildman–Crippen LogP) is -0.230. The summed E-state index contributed by atoms with van der Waals surface area (Å²) in [6, 6.07) is 7.65. The Balaban J connectivity index is 0.00000243. The molecule has 0 spiro atoms. The Labute approximate surface area is 176 Å². The lowest BCUT2D eigenvalue weighted by atomic mass is 10.2. The van der Waals surface area contributed by atoms with Gasteiger partial charge in [0.15, 0.2) is 5.16 Å². The van der Waals surface area contributed by atoms with Crippen molar-refractivity contribution >= 4 is 22.7 Å². The first-order valence-electron chi connectivity index (χ1n) is 9.24. The van der Waals surface area contributed by atoms with Gasteiger partial charge in [-0.05, 0) is 24.8 Å². The fraction of sp³-hybridized carbons (Fsp3) is 0.579. The Kier molecular flexibility index (Phi) is 8.38. The molecule has 0 unspecified atom stereocenters. The van der Waals surface area contributed by atoms with Crippen LogP contribution in [0.1, 0.15) is 20.3 Å². The zero-order chi connectivity index (χ0) is 17.7. The molecule has 3 rings (SSSR count). The Morgan fingerprint density at radius 3 is 2.65 bits per heavy atom. The number of ether oxygens (including phenoxy) is 1. The molecule has 0 aliphatic carbocycles. The molecule has 26 heavy (non-hydrogen) atoms. The molecule has 0 saturated carbocycles. The fourth-order valence-electron chi connectivity index (χ4n) is 3.58. The zero-order valence-corrected chi connectivity index (χ0v) is 18.6. The molecule has 0 amide bonds. The van der Waals surface area contributed by atoms with Crippen molar-refractivity contribution < 1.29 is 33.2 Å². The predicted molar refractivity (Wildman–Crippen MR) is 103 cm³/mol. The molecule has 1 fully saturated rings. The molecule has 144 valence electrons. The Bertz CT molecular complexity index is 775. The molecule has 0 N–H and O–H groups in total. The molecule has 1 aromatic carbocycles. The number of rotatable bonds is 7. The van der Waals surface area contributed by atoms with E-state index in [4.69, 9.17) is 9.72 Å². The Morgan fingerprint density at radius 1 is 1.23 bits per heavy atom. The van der Waals surface area contributed by atoms with E-state index in [1.165, 1.54) is 0 Å². The molecule has 0 atom stereocenters. The number of morpholine rings is 1. The normalized spacial score (nSPS) is 16.4. The lowest BCUT2D eigenvalue weighted by molar-refractivity contribution is -0.933. The van der Waals surface area contributed by atoms with Crippen LogP contribution in [-0.4, -0.2) is 59.2 Å². The van der Waals surface area contributed by atoms with Gasteiger partial charge in [0.25, 0.3) is 5.56 Å². The summed E-state index contributed by atoms with van der Waals surface area (Å²) in [5.41, 5.74) is 0.886. The van der Waals surface area contributed by atoms with Crippen LogP contribution in [0.15, 0.2) is 34.2 Å². The minimum atomic E-state index is 0. The van der Waals surface area contributed by atoms with E-state index < -0.39 is 0 Å². The Hall–Kier alpha value is -0.640. The largest absolute Gasteiger partial charge is 1.00 e. The number of fused-ring (bicyclic) bond motifs is 1. The molecule has 2 aromatic rings. The van der Waals surface area contributed by atoms with Gasteiger partial charge in [-0.15, -0.1) is 0 Å². The van der Waals surface area contributed by atoms with Crippen molar-refractivity contribution in [3.8, 4) is 0 Å². The molecule has 7 heteroatoms. The van der Waals surface area contributed by atoms with Gasteiger partial charge in [0.1, 0.15) is 13.1 Å². The van der Waals surface area contributed by atoms with E-state index in [1.807, 2.05) is 28.8 Å². The number of aromatic nitrogens is 2. The van der Waals surface area contributed by atoms with Crippen molar-refractivity contribution in [2.45, 2.75) is 32.0 Å². The van der Waals surface area contributed by atoms with Gasteiger partial charge in [0, 0.05) is 13.0 Å². The summed E-state index contributed by atoms with van der Waals surface area (Å²) in [5.74, 6) is 0.914. The lowest BCUT2D eigenvalue weighted by Gasteiger charge is -2.40. The first-order chi connectivity index (χ1) is 12.2. The monoisotopic (exact) mass is 489 g/mol. The molecule has 1 aliphatic heterocycles. The van der Waals surface area contributed by atoms with E-state index in [0.29, 0.717) is 5.39 Å². The maximum atomic E-state index is 12.9. The number of thioether (sulfide) groups is 1. The second kappa shape index (κ2) is 10.1. The average molecular weight is 489 g/mol. The molecule has 1 aromatic heterocycles. The van der Waals surface area contributed by atoms with Crippen LogP contribution in [0.5, 0.6) is 0 Å². The van der Waals surface area contributed by atoms with Crippen LogP contribution >= 0.6 is 11.8 Å². The van der Waals surface area contributed by atoms with Gasteiger partial charge in [-0.3, -0.25) is 9.36 Å². The number of hydrogen-bond donors (Lipinski definition) is 0. The maximum Gasteiger partial charge on any atom is 0.262 e. The molecule has 1 aliphatic rings. The van der Waals surface area contributed by atoms with Crippen LogP contribution in [0, 0.1) is 0 Å². The second-order valence-corrected chi connectivity index (χ2v) is 7.83. The van der Waals surface area contributed by atoms with Crippen LogP contribution in [-0.2, 0) is 11.3 Å². The molecule has 5 nitrogen and oxygen atoms in total. The molecular weight excluding hydrogens is 461 g/mol. The van der Waals surface area contributed by atoms with Crippen LogP contribution < -0.4 is 29.5 Å². The zero-order valence-electron chi connectivity index (χ0n) is 15.6. The van der Waals surface area contributed by atoms with Crippen LogP contribution in [0.4, 0.5) is 0 Å². The highest BCUT2D eigenvalue weighted by molar-refractivity contribution is 7.99. The van der Waals surface area contributed by atoms with Crippen molar-refractivity contribution in [3.63, 3.8) is 0 Å². The molecule has 0 radical (unpaired) electrons. The van der Waals surface area contributed by atoms with E-state index >= 15 is 0 Å². The van der Waals surface area contributed by atoms with Crippen LogP contribution in [0.25, 0.3) is 10.9 Å². The highest BCUT2D eigenvalue weighted by Crippen LogP contribution is 2.18. The van der Waals surface area contributed by atoms with Crippen LogP contribution in [0.3, 0.4) is 0 Å². The standard InChI is InChI=1S/C19H28N3O2S.HI/c1-3-22(12-14-24-15-13-22)11-7-10-21-18(23)16-8-5-6-9-17(16)20-19(21)25-4-2;/h5-6,8-9H,3-4,7,10-15H2,1-2H3;1H/q+1;/p-1. The highest BCUT2D eigenvalue weighted by Gasteiger charge is 2.28. The average Bonchev–Trinajstić information content (AvgIpc) is 2.65. The lowest BCUT2D eigenvalue weighted by Crippen LogP contribution is -3.00. The number of quaternary nitrogens is 1. The summed E-state index contributed by atoms with van der Waals surface area (Å²) in [7, 11) is 0. The van der Waals surface area contributed by atoms with Gasteiger partial charge in [0.05, 0.1) is 37.2 Å². The summed E-state index contributed by atoms with van der Waals surface area (Å²) in [6.07, 6.45) is 0.991. The van der Waals surface area contributed by atoms with Crippen molar-refractivity contribution in [1.82, 2.24) is 9.55 Å². The van der Waals surface area contributed by atoms with Gasteiger partial charge in [-0.1, -0.05) is 30.8 Å².